The summed E-state index contributed by atoms with van der Waals surface area (Å²) >= 11 is 5.61. The van der Waals surface area contributed by atoms with E-state index in [9.17, 15) is 0 Å². The first-order chi connectivity index (χ1) is 6.18. The van der Waals surface area contributed by atoms with E-state index < -0.39 is 0 Å². The standard InChI is InChI=1S/C9H14ClN3/c1-13(2)7-3-4-8-5-6-9(10)12-11-8/h5-6H,3-4,7H2,1-2H3. The topological polar surface area (TPSA) is 29.0 Å². The summed E-state index contributed by atoms with van der Waals surface area (Å²) in [6.45, 7) is 1.07. The molecule has 0 aliphatic carbocycles. The van der Waals surface area contributed by atoms with Gasteiger partial charge in [-0.25, -0.2) is 0 Å². The molecule has 0 atom stereocenters. The third-order valence-electron chi connectivity index (χ3n) is 1.73. The van der Waals surface area contributed by atoms with Gasteiger partial charge in [-0.15, -0.1) is 5.10 Å². The van der Waals surface area contributed by atoms with Gasteiger partial charge in [0, 0.05) is 0 Å². The van der Waals surface area contributed by atoms with Crippen LogP contribution in [0.15, 0.2) is 12.1 Å². The minimum atomic E-state index is 0.455. The first-order valence-corrected chi connectivity index (χ1v) is 4.69. The summed E-state index contributed by atoms with van der Waals surface area (Å²) in [6.07, 6.45) is 2.06. The second kappa shape index (κ2) is 5.14. The van der Waals surface area contributed by atoms with Gasteiger partial charge in [-0.1, -0.05) is 11.6 Å². The third kappa shape index (κ3) is 4.20. The highest BCUT2D eigenvalue weighted by Gasteiger charge is 1.96. The number of aromatic nitrogens is 2. The van der Waals surface area contributed by atoms with E-state index in [4.69, 9.17) is 11.6 Å². The summed E-state index contributed by atoms with van der Waals surface area (Å²) < 4.78 is 0. The normalized spacial score (nSPS) is 10.8. The van der Waals surface area contributed by atoms with Crippen molar-refractivity contribution in [3.05, 3.63) is 23.0 Å². The molecule has 1 rings (SSSR count). The summed E-state index contributed by atoms with van der Waals surface area (Å²) in [5.74, 6) is 0. The second-order valence-electron chi connectivity index (χ2n) is 3.25. The molecule has 0 radical (unpaired) electrons. The minimum absolute atomic E-state index is 0.455. The molecule has 0 aliphatic rings. The van der Waals surface area contributed by atoms with Crippen molar-refractivity contribution in [1.29, 1.82) is 0 Å². The van der Waals surface area contributed by atoms with Crippen LogP contribution in [0.4, 0.5) is 0 Å². The van der Waals surface area contributed by atoms with Gasteiger partial charge in [-0.2, -0.15) is 5.10 Å². The van der Waals surface area contributed by atoms with E-state index in [1.165, 1.54) is 0 Å². The highest BCUT2D eigenvalue weighted by Crippen LogP contribution is 2.03. The predicted molar refractivity (Wildman–Crippen MR) is 53.9 cm³/mol. The van der Waals surface area contributed by atoms with Gasteiger partial charge in [-0.05, 0) is 45.6 Å². The maximum absolute atomic E-state index is 5.61. The highest BCUT2D eigenvalue weighted by molar-refractivity contribution is 6.29. The smallest absolute Gasteiger partial charge is 0.151 e. The van der Waals surface area contributed by atoms with Gasteiger partial charge in [0.25, 0.3) is 0 Å². The average Bonchev–Trinajstić information content (AvgIpc) is 2.08. The van der Waals surface area contributed by atoms with Crippen LogP contribution in [0.25, 0.3) is 0 Å². The van der Waals surface area contributed by atoms with Gasteiger partial charge in [0.2, 0.25) is 0 Å². The van der Waals surface area contributed by atoms with Crippen LogP contribution in [0.5, 0.6) is 0 Å². The Hall–Kier alpha value is -0.670. The summed E-state index contributed by atoms with van der Waals surface area (Å²) in [6, 6.07) is 3.70. The molecule has 1 aromatic heterocycles. The molecule has 1 heterocycles. The van der Waals surface area contributed by atoms with E-state index in [0.717, 1.165) is 25.1 Å². The molecule has 0 N–H and O–H groups in total. The lowest BCUT2D eigenvalue weighted by molar-refractivity contribution is 0.399. The number of hydrogen-bond donors (Lipinski definition) is 0. The van der Waals surface area contributed by atoms with Crippen LogP contribution in [0.2, 0.25) is 5.15 Å². The number of rotatable bonds is 4. The summed E-state index contributed by atoms with van der Waals surface area (Å²) in [5.41, 5.74) is 1.01. The average molecular weight is 200 g/mol. The Kier molecular flexibility index (Phi) is 4.12. The molecule has 0 amide bonds. The predicted octanol–water partition coefficient (Wildman–Crippen LogP) is 1.62. The lowest BCUT2D eigenvalue weighted by Gasteiger charge is -2.07. The number of nitrogens with zero attached hydrogens (tertiary/aromatic N) is 3. The molecule has 0 saturated carbocycles. The molecule has 0 saturated heterocycles. The fourth-order valence-corrected chi connectivity index (χ4v) is 1.15. The van der Waals surface area contributed by atoms with Gasteiger partial charge >= 0.3 is 0 Å². The summed E-state index contributed by atoms with van der Waals surface area (Å²) in [7, 11) is 4.13. The molecule has 72 valence electrons. The van der Waals surface area contributed by atoms with E-state index in [2.05, 4.69) is 29.2 Å². The molecule has 0 bridgehead atoms. The lowest BCUT2D eigenvalue weighted by atomic mass is 10.2. The summed E-state index contributed by atoms with van der Waals surface area (Å²) in [4.78, 5) is 2.16. The van der Waals surface area contributed by atoms with Gasteiger partial charge in [0.1, 0.15) is 0 Å². The fraction of sp³-hybridized carbons (Fsp3) is 0.556. The molecular formula is C9H14ClN3. The van der Waals surface area contributed by atoms with Crippen molar-refractivity contribution in [2.24, 2.45) is 0 Å². The van der Waals surface area contributed by atoms with Gasteiger partial charge in [0.05, 0.1) is 5.69 Å². The molecular weight excluding hydrogens is 186 g/mol. The first kappa shape index (κ1) is 10.4. The van der Waals surface area contributed by atoms with Crippen LogP contribution in [-0.2, 0) is 6.42 Å². The van der Waals surface area contributed by atoms with Crippen molar-refractivity contribution in [3.63, 3.8) is 0 Å². The Balaban J connectivity index is 2.33. The SMILES string of the molecule is CN(C)CCCc1ccc(Cl)nn1. The molecule has 0 unspecified atom stereocenters. The van der Waals surface area contributed by atoms with Crippen LogP contribution < -0.4 is 0 Å². The van der Waals surface area contributed by atoms with Crippen molar-refractivity contribution >= 4 is 11.6 Å². The zero-order valence-corrected chi connectivity index (χ0v) is 8.75. The Morgan fingerprint density at radius 2 is 2.08 bits per heavy atom. The van der Waals surface area contributed by atoms with E-state index in [1.54, 1.807) is 6.07 Å². The van der Waals surface area contributed by atoms with Gasteiger partial charge in [0.15, 0.2) is 5.15 Å². The number of halogens is 1. The molecule has 1 aromatic rings. The highest BCUT2D eigenvalue weighted by atomic mass is 35.5. The van der Waals surface area contributed by atoms with Crippen LogP contribution in [0.3, 0.4) is 0 Å². The Labute approximate surface area is 83.7 Å². The van der Waals surface area contributed by atoms with Crippen molar-refractivity contribution in [3.8, 4) is 0 Å². The molecule has 4 heteroatoms. The quantitative estimate of drug-likeness (QED) is 0.738. The third-order valence-corrected chi connectivity index (χ3v) is 1.93. The van der Waals surface area contributed by atoms with Crippen LogP contribution in [-0.4, -0.2) is 35.7 Å². The van der Waals surface area contributed by atoms with Crippen LogP contribution in [0, 0.1) is 0 Å². The Morgan fingerprint density at radius 1 is 1.31 bits per heavy atom. The maximum atomic E-state index is 5.61. The van der Waals surface area contributed by atoms with E-state index in [0.29, 0.717) is 5.15 Å². The molecule has 0 spiro atoms. The number of aryl methyl sites for hydroxylation is 1. The zero-order chi connectivity index (χ0) is 9.68. The van der Waals surface area contributed by atoms with Crippen molar-refractivity contribution in [2.45, 2.75) is 12.8 Å². The maximum Gasteiger partial charge on any atom is 0.151 e. The van der Waals surface area contributed by atoms with Gasteiger partial charge in [-0.3, -0.25) is 0 Å². The van der Waals surface area contributed by atoms with E-state index in [-0.39, 0.29) is 0 Å². The monoisotopic (exact) mass is 199 g/mol. The van der Waals surface area contributed by atoms with Crippen molar-refractivity contribution in [2.75, 3.05) is 20.6 Å². The largest absolute Gasteiger partial charge is 0.309 e. The van der Waals surface area contributed by atoms with Crippen molar-refractivity contribution < 1.29 is 0 Å². The number of hydrogen-bond acceptors (Lipinski definition) is 3. The van der Waals surface area contributed by atoms with Crippen LogP contribution in [0.1, 0.15) is 12.1 Å². The molecule has 3 nitrogen and oxygen atoms in total. The first-order valence-electron chi connectivity index (χ1n) is 4.31. The Bertz CT molecular complexity index is 246. The fourth-order valence-electron chi connectivity index (χ4n) is 1.05. The molecule has 0 aromatic carbocycles. The summed E-state index contributed by atoms with van der Waals surface area (Å²) in [5, 5.41) is 8.21. The molecule has 0 fully saturated rings. The minimum Gasteiger partial charge on any atom is -0.309 e. The molecule has 13 heavy (non-hydrogen) atoms. The van der Waals surface area contributed by atoms with E-state index >= 15 is 0 Å². The van der Waals surface area contributed by atoms with Gasteiger partial charge < -0.3 is 4.90 Å². The second-order valence-corrected chi connectivity index (χ2v) is 3.64. The lowest BCUT2D eigenvalue weighted by Crippen LogP contribution is -2.13. The Morgan fingerprint density at radius 3 is 2.62 bits per heavy atom. The zero-order valence-electron chi connectivity index (χ0n) is 8.00. The van der Waals surface area contributed by atoms with E-state index in [1.807, 2.05) is 6.07 Å². The van der Waals surface area contributed by atoms with Crippen molar-refractivity contribution in [1.82, 2.24) is 15.1 Å². The molecule has 0 aliphatic heterocycles. The van der Waals surface area contributed by atoms with Crippen LogP contribution >= 0.6 is 11.6 Å².